The van der Waals surface area contributed by atoms with Gasteiger partial charge < -0.3 is 23.7 Å². The van der Waals surface area contributed by atoms with Crippen LogP contribution in [0.15, 0.2) is 60.4 Å². The Labute approximate surface area is 190 Å². The number of rotatable bonds is 5. The Morgan fingerprint density at radius 2 is 1.76 bits per heavy atom. The molecule has 3 aromatic rings. The van der Waals surface area contributed by atoms with Crippen molar-refractivity contribution in [1.29, 1.82) is 0 Å². The summed E-state index contributed by atoms with van der Waals surface area (Å²) in [4.78, 5) is 25.3. The van der Waals surface area contributed by atoms with Gasteiger partial charge in [0.2, 0.25) is 12.6 Å². The summed E-state index contributed by atoms with van der Waals surface area (Å²) in [5.41, 5.74) is 2.68. The lowest BCUT2D eigenvalue weighted by molar-refractivity contribution is -0.133. The van der Waals surface area contributed by atoms with Gasteiger partial charge in [0.1, 0.15) is 17.2 Å². The van der Waals surface area contributed by atoms with Crippen LogP contribution in [-0.4, -0.2) is 25.7 Å². The van der Waals surface area contributed by atoms with E-state index in [4.69, 9.17) is 23.7 Å². The van der Waals surface area contributed by atoms with Crippen LogP contribution in [0.3, 0.4) is 0 Å². The molecule has 0 saturated carbocycles. The fourth-order valence-electron chi connectivity index (χ4n) is 3.77. The Bertz CT molecular complexity index is 1290. The van der Waals surface area contributed by atoms with Crippen molar-refractivity contribution in [2.45, 2.75) is 13.3 Å². The maximum Gasteiger partial charge on any atom is 0.315 e. The van der Waals surface area contributed by atoms with E-state index in [-0.39, 0.29) is 24.8 Å². The number of hydrogen-bond acceptors (Lipinski definition) is 7. The minimum Gasteiger partial charge on any atom is -0.497 e. The average Bonchev–Trinajstić information content (AvgIpc) is 3.38. The van der Waals surface area contributed by atoms with Gasteiger partial charge in [-0.3, -0.25) is 9.59 Å². The van der Waals surface area contributed by atoms with Gasteiger partial charge in [0.05, 0.1) is 19.1 Å². The molecule has 0 saturated heterocycles. The number of benzene rings is 3. The maximum atomic E-state index is 12.9. The van der Waals surface area contributed by atoms with Crippen molar-refractivity contribution in [2.24, 2.45) is 0 Å². The zero-order valence-electron chi connectivity index (χ0n) is 18.0. The van der Waals surface area contributed by atoms with Crippen molar-refractivity contribution in [3.05, 3.63) is 82.6 Å². The first-order valence-corrected chi connectivity index (χ1v) is 10.3. The van der Waals surface area contributed by atoms with Crippen LogP contribution in [0.2, 0.25) is 0 Å². The van der Waals surface area contributed by atoms with Crippen LogP contribution < -0.4 is 23.7 Å². The summed E-state index contributed by atoms with van der Waals surface area (Å²) in [7, 11) is 1.59. The molecule has 0 spiro atoms. The number of ether oxygens (including phenoxy) is 5. The fourth-order valence-corrected chi connectivity index (χ4v) is 3.77. The van der Waals surface area contributed by atoms with Gasteiger partial charge in [0.25, 0.3) is 0 Å². The summed E-state index contributed by atoms with van der Waals surface area (Å²) >= 11 is 0. The van der Waals surface area contributed by atoms with Gasteiger partial charge in [0.15, 0.2) is 17.3 Å². The summed E-state index contributed by atoms with van der Waals surface area (Å²) < 4.78 is 27.2. The molecule has 2 heterocycles. The molecule has 0 aliphatic carbocycles. The second kappa shape index (κ2) is 8.35. The van der Waals surface area contributed by atoms with E-state index in [2.05, 4.69) is 0 Å². The molecule has 0 N–H and O–H groups in total. The largest absolute Gasteiger partial charge is 0.497 e. The molecular formula is C26H20O7. The number of aryl methyl sites for hydroxylation is 1. The number of carbonyl (C=O) groups is 2. The number of fused-ring (bicyclic) bond motifs is 2. The predicted octanol–water partition coefficient (Wildman–Crippen LogP) is 4.50. The molecule has 0 amide bonds. The molecule has 0 bridgehead atoms. The first-order chi connectivity index (χ1) is 16.0. The first kappa shape index (κ1) is 20.6. The minimum atomic E-state index is -0.417. The summed E-state index contributed by atoms with van der Waals surface area (Å²) in [6.45, 7) is 1.96. The second-order valence-corrected chi connectivity index (χ2v) is 7.66. The van der Waals surface area contributed by atoms with Crippen LogP contribution in [0.1, 0.15) is 27.0 Å². The van der Waals surface area contributed by atoms with Crippen molar-refractivity contribution in [3.63, 3.8) is 0 Å². The van der Waals surface area contributed by atoms with Crippen molar-refractivity contribution in [2.75, 3.05) is 13.9 Å². The number of Topliss-reactive ketones (excluding diaryl/α,β-unsaturated/α-hetero) is 1. The minimum absolute atomic E-state index is 0.106. The second-order valence-electron chi connectivity index (χ2n) is 7.66. The van der Waals surface area contributed by atoms with E-state index in [1.807, 2.05) is 18.2 Å². The molecule has 7 heteroatoms. The zero-order chi connectivity index (χ0) is 22.9. The summed E-state index contributed by atoms with van der Waals surface area (Å²) in [5.74, 6) is 2.23. The fraction of sp³-hybridized carbons (Fsp3) is 0.154. The van der Waals surface area contributed by atoms with Crippen molar-refractivity contribution >= 4 is 17.8 Å². The lowest BCUT2D eigenvalue weighted by Gasteiger charge is -2.08. The van der Waals surface area contributed by atoms with Gasteiger partial charge in [-0.1, -0.05) is 18.2 Å². The third-order valence-corrected chi connectivity index (χ3v) is 5.38. The van der Waals surface area contributed by atoms with E-state index < -0.39 is 5.97 Å². The molecule has 7 nitrogen and oxygen atoms in total. The quantitative estimate of drug-likeness (QED) is 0.326. The molecule has 166 valence electrons. The molecule has 2 aliphatic rings. The average molecular weight is 444 g/mol. The standard InChI is InChI=1S/C26H20O7/c1-15-9-19(32-24(27)12-16-3-6-18(29-2)7-4-16)13-22-25(15)26(28)23(33-22)11-17-5-8-20-21(10-17)31-14-30-20/h3-11,13H,12,14H2,1-2H3/b23-11-. The van der Waals surface area contributed by atoms with Crippen LogP contribution in [0.4, 0.5) is 0 Å². The molecule has 0 fully saturated rings. The van der Waals surface area contributed by atoms with E-state index in [0.29, 0.717) is 39.9 Å². The number of carbonyl (C=O) groups excluding carboxylic acids is 2. The smallest absolute Gasteiger partial charge is 0.315 e. The number of allylic oxidation sites excluding steroid dienone is 1. The summed E-state index contributed by atoms with van der Waals surface area (Å²) in [6, 6.07) is 15.8. The van der Waals surface area contributed by atoms with Crippen molar-refractivity contribution in [3.8, 4) is 28.7 Å². The van der Waals surface area contributed by atoms with Crippen LogP contribution >= 0.6 is 0 Å². The van der Waals surface area contributed by atoms with Crippen LogP contribution in [0.25, 0.3) is 6.08 Å². The van der Waals surface area contributed by atoms with Gasteiger partial charge in [-0.2, -0.15) is 0 Å². The molecule has 3 aromatic carbocycles. The van der Waals surface area contributed by atoms with E-state index in [9.17, 15) is 9.59 Å². The molecular weight excluding hydrogens is 424 g/mol. The third kappa shape index (κ3) is 4.13. The van der Waals surface area contributed by atoms with Crippen LogP contribution in [0.5, 0.6) is 28.7 Å². The molecule has 33 heavy (non-hydrogen) atoms. The normalized spacial score (nSPS) is 14.7. The van der Waals surface area contributed by atoms with Gasteiger partial charge in [-0.15, -0.1) is 0 Å². The highest BCUT2D eigenvalue weighted by Crippen LogP contribution is 2.39. The molecule has 0 radical (unpaired) electrons. The Hall–Kier alpha value is -4.26. The molecule has 5 rings (SSSR count). The first-order valence-electron chi connectivity index (χ1n) is 10.3. The summed E-state index contributed by atoms with van der Waals surface area (Å²) in [5, 5.41) is 0. The number of ketones is 1. The van der Waals surface area contributed by atoms with E-state index in [0.717, 1.165) is 11.1 Å². The maximum absolute atomic E-state index is 12.9. The van der Waals surface area contributed by atoms with Crippen LogP contribution in [0, 0.1) is 6.92 Å². The number of hydrogen-bond donors (Lipinski definition) is 0. The van der Waals surface area contributed by atoms with Gasteiger partial charge >= 0.3 is 5.97 Å². The molecule has 2 aliphatic heterocycles. The zero-order valence-corrected chi connectivity index (χ0v) is 18.0. The lowest BCUT2D eigenvalue weighted by atomic mass is 10.0. The molecule has 0 atom stereocenters. The van der Waals surface area contributed by atoms with Gasteiger partial charge in [0, 0.05) is 6.07 Å². The Kier molecular flexibility index (Phi) is 5.22. The van der Waals surface area contributed by atoms with E-state index >= 15 is 0 Å². The number of methoxy groups -OCH3 is 1. The SMILES string of the molecule is COc1ccc(CC(=O)Oc2cc(C)c3c(c2)O/C(=C\c2ccc4c(c2)OCO4)C3=O)cc1. The monoisotopic (exact) mass is 444 g/mol. The predicted molar refractivity (Wildman–Crippen MR) is 119 cm³/mol. The van der Waals surface area contributed by atoms with Gasteiger partial charge in [-0.05, 0) is 60.0 Å². The highest BCUT2D eigenvalue weighted by Gasteiger charge is 2.30. The lowest BCUT2D eigenvalue weighted by Crippen LogP contribution is -2.11. The highest BCUT2D eigenvalue weighted by molar-refractivity contribution is 6.15. The van der Waals surface area contributed by atoms with Gasteiger partial charge in [-0.25, -0.2) is 0 Å². The highest BCUT2D eigenvalue weighted by atomic mass is 16.7. The Morgan fingerprint density at radius 3 is 2.55 bits per heavy atom. The molecule has 0 aromatic heterocycles. The van der Waals surface area contributed by atoms with E-state index in [1.54, 1.807) is 56.5 Å². The third-order valence-electron chi connectivity index (χ3n) is 5.38. The van der Waals surface area contributed by atoms with Crippen molar-refractivity contribution < 1.29 is 33.3 Å². The summed E-state index contributed by atoms with van der Waals surface area (Å²) in [6.07, 6.45) is 1.76. The van der Waals surface area contributed by atoms with Crippen molar-refractivity contribution in [1.82, 2.24) is 0 Å². The van der Waals surface area contributed by atoms with E-state index in [1.165, 1.54) is 0 Å². The number of esters is 1. The Morgan fingerprint density at radius 1 is 0.970 bits per heavy atom. The van der Waals surface area contributed by atoms with Crippen LogP contribution in [-0.2, 0) is 11.2 Å². The Balaban J connectivity index is 1.32. The molecule has 0 unspecified atom stereocenters. The topological polar surface area (TPSA) is 80.3 Å².